The van der Waals surface area contributed by atoms with Crippen LogP contribution in [0.1, 0.15) is 11.1 Å². The molecular weight excluding hydrogens is 376 g/mol. The number of nitrogens with zero attached hydrogens (tertiary/aromatic N) is 1. The maximum absolute atomic E-state index is 12.2. The van der Waals surface area contributed by atoms with Gasteiger partial charge in [-0.05, 0) is 41.5 Å². The van der Waals surface area contributed by atoms with E-state index in [1.807, 2.05) is 30.3 Å². The highest BCUT2D eigenvalue weighted by Gasteiger charge is 2.11. The third kappa shape index (κ3) is 5.11. The fraction of sp³-hybridized carbons (Fsp3) is 0.0952. The molecule has 0 aliphatic rings. The average Bonchev–Trinajstić information content (AvgIpc) is 2.73. The second kappa shape index (κ2) is 9.05. The summed E-state index contributed by atoms with van der Waals surface area (Å²) >= 11 is 0. The predicted molar refractivity (Wildman–Crippen MR) is 108 cm³/mol. The Hall–Kier alpha value is -3.32. The molecule has 0 saturated heterocycles. The lowest BCUT2D eigenvalue weighted by atomic mass is 10.2. The van der Waals surface area contributed by atoms with Gasteiger partial charge in [-0.3, -0.25) is 0 Å². The van der Waals surface area contributed by atoms with Gasteiger partial charge in [-0.15, -0.1) is 0 Å². The summed E-state index contributed by atoms with van der Waals surface area (Å²) in [6.07, 6.45) is 1.41. The van der Waals surface area contributed by atoms with Gasteiger partial charge in [0.15, 0.2) is 11.5 Å². The Morgan fingerprint density at radius 2 is 1.61 bits per heavy atom. The SMILES string of the molecule is COc1ccc(C=NNS(=O)(=O)c2ccccc2)cc1OCc1ccccc1. The van der Waals surface area contributed by atoms with Crippen molar-refractivity contribution in [1.82, 2.24) is 4.83 Å². The maximum atomic E-state index is 12.2. The Labute approximate surface area is 164 Å². The zero-order valence-corrected chi connectivity index (χ0v) is 16.1. The molecule has 0 atom stereocenters. The lowest BCUT2D eigenvalue weighted by Crippen LogP contribution is -2.18. The van der Waals surface area contributed by atoms with Gasteiger partial charge >= 0.3 is 0 Å². The molecule has 1 N–H and O–H groups in total. The highest BCUT2D eigenvalue weighted by Crippen LogP contribution is 2.28. The Morgan fingerprint density at radius 3 is 2.29 bits per heavy atom. The molecule has 28 heavy (non-hydrogen) atoms. The van der Waals surface area contributed by atoms with Gasteiger partial charge in [-0.1, -0.05) is 48.5 Å². The average molecular weight is 396 g/mol. The van der Waals surface area contributed by atoms with E-state index in [4.69, 9.17) is 9.47 Å². The summed E-state index contributed by atoms with van der Waals surface area (Å²) < 4.78 is 35.5. The van der Waals surface area contributed by atoms with E-state index in [0.717, 1.165) is 5.56 Å². The zero-order valence-electron chi connectivity index (χ0n) is 15.3. The molecule has 6 nitrogen and oxygen atoms in total. The van der Waals surface area contributed by atoms with Crippen molar-refractivity contribution in [2.24, 2.45) is 5.10 Å². The fourth-order valence-corrected chi connectivity index (χ4v) is 3.26. The standard InChI is InChI=1S/C21H20N2O4S/c1-26-20-13-12-18(14-21(20)27-16-17-8-4-2-5-9-17)15-22-23-28(24,25)19-10-6-3-7-11-19/h2-15,23H,16H2,1H3. The molecule has 0 fully saturated rings. The normalized spacial score (nSPS) is 11.3. The Kier molecular flexibility index (Phi) is 6.29. The maximum Gasteiger partial charge on any atom is 0.276 e. The van der Waals surface area contributed by atoms with Crippen molar-refractivity contribution in [2.45, 2.75) is 11.5 Å². The highest BCUT2D eigenvalue weighted by molar-refractivity contribution is 7.89. The van der Waals surface area contributed by atoms with Crippen LogP contribution in [-0.4, -0.2) is 21.7 Å². The van der Waals surface area contributed by atoms with E-state index in [1.165, 1.54) is 18.3 Å². The summed E-state index contributed by atoms with van der Waals surface area (Å²) in [5.74, 6) is 1.12. The summed E-state index contributed by atoms with van der Waals surface area (Å²) in [6, 6.07) is 23.1. The van der Waals surface area contributed by atoms with Crippen LogP contribution in [0, 0.1) is 0 Å². The first-order chi connectivity index (χ1) is 13.6. The van der Waals surface area contributed by atoms with E-state index >= 15 is 0 Å². The second-order valence-corrected chi connectivity index (χ2v) is 7.51. The minimum absolute atomic E-state index is 0.147. The van der Waals surface area contributed by atoms with E-state index < -0.39 is 10.0 Å². The summed E-state index contributed by atoms with van der Waals surface area (Å²) in [5.41, 5.74) is 1.69. The minimum atomic E-state index is -3.70. The highest BCUT2D eigenvalue weighted by atomic mass is 32.2. The molecule has 3 rings (SSSR count). The molecule has 0 aliphatic heterocycles. The molecule has 0 saturated carbocycles. The summed E-state index contributed by atoms with van der Waals surface area (Å²) in [5, 5.41) is 3.85. The van der Waals surface area contributed by atoms with Crippen molar-refractivity contribution < 1.29 is 17.9 Å². The first kappa shape index (κ1) is 19.4. The molecule has 144 valence electrons. The molecule has 0 aliphatic carbocycles. The zero-order chi connectivity index (χ0) is 19.8. The van der Waals surface area contributed by atoms with Gasteiger partial charge in [-0.2, -0.15) is 13.5 Å². The van der Waals surface area contributed by atoms with E-state index in [0.29, 0.717) is 23.7 Å². The number of methoxy groups -OCH3 is 1. The number of sulfonamides is 1. The Bertz CT molecular complexity index is 1040. The smallest absolute Gasteiger partial charge is 0.276 e. The first-order valence-electron chi connectivity index (χ1n) is 8.53. The number of nitrogens with one attached hydrogen (secondary N) is 1. The monoisotopic (exact) mass is 396 g/mol. The van der Waals surface area contributed by atoms with E-state index in [-0.39, 0.29) is 4.90 Å². The van der Waals surface area contributed by atoms with Crippen LogP contribution < -0.4 is 14.3 Å². The van der Waals surface area contributed by atoms with Gasteiger partial charge < -0.3 is 9.47 Å². The third-order valence-electron chi connectivity index (χ3n) is 3.86. The number of hydrogen-bond acceptors (Lipinski definition) is 5. The molecule has 0 unspecified atom stereocenters. The molecule has 3 aromatic rings. The van der Waals surface area contributed by atoms with Gasteiger partial charge in [0.05, 0.1) is 18.2 Å². The third-order valence-corrected chi connectivity index (χ3v) is 5.10. The van der Waals surface area contributed by atoms with Crippen molar-refractivity contribution in [3.63, 3.8) is 0 Å². The van der Waals surface area contributed by atoms with E-state index in [2.05, 4.69) is 9.93 Å². The van der Waals surface area contributed by atoms with Crippen LogP contribution in [0.2, 0.25) is 0 Å². The van der Waals surface area contributed by atoms with Crippen LogP contribution in [0.3, 0.4) is 0 Å². The van der Waals surface area contributed by atoms with Crippen LogP contribution in [0.5, 0.6) is 11.5 Å². The van der Waals surface area contributed by atoms with E-state index in [9.17, 15) is 8.42 Å². The fourth-order valence-electron chi connectivity index (χ4n) is 2.44. The first-order valence-corrected chi connectivity index (χ1v) is 10.0. The number of hydrogen-bond donors (Lipinski definition) is 1. The molecule has 0 heterocycles. The molecule has 0 amide bonds. The number of benzene rings is 3. The quantitative estimate of drug-likeness (QED) is 0.466. The van der Waals surface area contributed by atoms with Crippen molar-refractivity contribution in [2.75, 3.05) is 7.11 Å². The minimum Gasteiger partial charge on any atom is -0.493 e. The van der Waals surface area contributed by atoms with Crippen molar-refractivity contribution in [1.29, 1.82) is 0 Å². The topological polar surface area (TPSA) is 77.0 Å². The molecule has 0 radical (unpaired) electrons. The molecular formula is C21H20N2O4S. The Balaban J connectivity index is 1.71. The molecule has 3 aromatic carbocycles. The summed E-state index contributed by atoms with van der Waals surface area (Å²) in [7, 11) is -2.14. The van der Waals surface area contributed by atoms with Crippen molar-refractivity contribution in [3.05, 3.63) is 90.0 Å². The van der Waals surface area contributed by atoms with Gasteiger partial charge in [0.25, 0.3) is 10.0 Å². The van der Waals surface area contributed by atoms with Crippen LogP contribution >= 0.6 is 0 Å². The second-order valence-electron chi connectivity index (χ2n) is 5.85. The molecule has 0 aromatic heterocycles. The lowest BCUT2D eigenvalue weighted by Gasteiger charge is -2.11. The van der Waals surface area contributed by atoms with E-state index in [1.54, 1.807) is 43.5 Å². The number of rotatable bonds is 8. The number of hydrazone groups is 1. The molecule has 0 bridgehead atoms. The Morgan fingerprint density at radius 1 is 0.929 bits per heavy atom. The van der Waals surface area contributed by atoms with Gasteiger partial charge in [0.2, 0.25) is 0 Å². The number of ether oxygens (including phenoxy) is 2. The van der Waals surface area contributed by atoms with Crippen LogP contribution in [-0.2, 0) is 16.6 Å². The van der Waals surface area contributed by atoms with Gasteiger partial charge in [0, 0.05) is 0 Å². The van der Waals surface area contributed by atoms with Crippen LogP contribution in [0.15, 0.2) is 88.9 Å². The van der Waals surface area contributed by atoms with Gasteiger partial charge in [-0.25, -0.2) is 4.83 Å². The van der Waals surface area contributed by atoms with Crippen molar-refractivity contribution in [3.8, 4) is 11.5 Å². The van der Waals surface area contributed by atoms with Crippen LogP contribution in [0.4, 0.5) is 0 Å². The molecule has 0 spiro atoms. The largest absolute Gasteiger partial charge is 0.493 e. The van der Waals surface area contributed by atoms with Gasteiger partial charge in [0.1, 0.15) is 6.61 Å². The van der Waals surface area contributed by atoms with Crippen LogP contribution in [0.25, 0.3) is 0 Å². The van der Waals surface area contributed by atoms with Crippen molar-refractivity contribution >= 4 is 16.2 Å². The molecule has 7 heteroatoms. The predicted octanol–water partition coefficient (Wildman–Crippen LogP) is 3.59. The summed E-state index contributed by atoms with van der Waals surface area (Å²) in [4.78, 5) is 2.35. The lowest BCUT2D eigenvalue weighted by molar-refractivity contribution is 0.284. The summed E-state index contributed by atoms with van der Waals surface area (Å²) in [6.45, 7) is 0.387.